The number of nitro groups is 1. The van der Waals surface area contributed by atoms with Crippen LogP contribution in [0.1, 0.15) is 19.4 Å². The predicted molar refractivity (Wildman–Crippen MR) is 62.7 cm³/mol. The number of nitrogens with zero attached hydrogens (tertiary/aromatic N) is 1. The lowest BCUT2D eigenvalue weighted by atomic mass is 9.84. The third kappa shape index (κ3) is 2.37. The highest BCUT2D eigenvalue weighted by atomic mass is 79.9. The fourth-order valence-electron chi connectivity index (χ4n) is 1.26. The average Bonchev–Trinajstić information content (AvgIpc) is 2.17. The highest BCUT2D eigenvalue weighted by Crippen LogP contribution is 2.32. The first-order valence-electron chi connectivity index (χ1n) is 4.30. The van der Waals surface area contributed by atoms with Crippen LogP contribution in [0.2, 0.25) is 0 Å². The first-order valence-corrected chi connectivity index (χ1v) is 5.10. The van der Waals surface area contributed by atoms with E-state index in [0.717, 1.165) is 0 Å². The lowest BCUT2D eigenvalue weighted by molar-refractivity contribution is -0.385. The van der Waals surface area contributed by atoms with E-state index in [2.05, 4.69) is 21.9 Å². The van der Waals surface area contributed by atoms with Crippen LogP contribution in [0.25, 0.3) is 0 Å². The Morgan fingerprint density at radius 1 is 1.53 bits per heavy atom. The second kappa shape index (κ2) is 4.03. The van der Waals surface area contributed by atoms with Crippen LogP contribution in [0.4, 0.5) is 5.69 Å². The first kappa shape index (κ1) is 11.7. The van der Waals surface area contributed by atoms with Crippen LogP contribution in [0.5, 0.6) is 0 Å². The molecule has 0 saturated heterocycles. The molecule has 0 N–H and O–H groups in total. The van der Waals surface area contributed by atoms with E-state index in [9.17, 15) is 10.1 Å². The van der Waals surface area contributed by atoms with Crippen molar-refractivity contribution in [2.75, 3.05) is 0 Å². The van der Waals surface area contributed by atoms with E-state index in [-0.39, 0.29) is 5.69 Å². The molecule has 0 heterocycles. The lowest BCUT2D eigenvalue weighted by Gasteiger charge is -2.17. The third-order valence-electron chi connectivity index (χ3n) is 2.19. The molecule has 0 aromatic heterocycles. The summed E-state index contributed by atoms with van der Waals surface area (Å²) in [7, 11) is 0. The van der Waals surface area contributed by atoms with Gasteiger partial charge in [0.15, 0.2) is 0 Å². The standard InChI is InChI=1S/C11H10BrNO2/c1-4-11(2,3)9-6-5-8(12)7-10(9)13(14)15/h1,5-7H,2-3H3. The molecule has 0 bridgehead atoms. The van der Waals surface area contributed by atoms with E-state index in [4.69, 9.17) is 6.42 Å². The number of benzene rings is 1. The molecule has 1 aromatic rings. The van der Waals surface area contributed by atoms with E-state index >= 15 is 0 Å². The second-order valence-electron chi connectivity index (χ2n) is 3.69. The van der Waals surface area contributed by atoms with E-state index in [1.165, 1.54) is 6.07 Å². The fourth-order valence-corrected chi connectivity index (χ4v) is 1.61. The summed E-state index contributed by atoms with van der Waals surface area (Å²) in [5, 5.41) is 10.9. The van der Waals surface area contributed by atoms with Crippen molar-refractivity contribution in [1.82, 2.24) is 0 Å². The molecule has 1 rings (SSSR count). The van der Waals surface area contributed by atoms with Crippen LogP contribution in [0.15, 0.2) is 22.7 Å². The molecule has 0 unspecified atom stereocenters. The Bertz CT molecular complexity index is 446. The summed E-state index contributed by atoms with van der Waals surface area (Å²) in [4.78, 5) is 10.4. The Kier molecular flexibility index (Phi) is 3.15. The van der Waals surface area contributed by atoms with Crippen molar-refractivity contribution in [2.24, 2.45) is 0 Å². The smallest absolute Gasteiger partial charge is 0.258 e. The topological polar surface area (TPSA) is 43.1 Å². The van der Waals surface area contributed by atoms with Gasteiger partial charge in [0.25, 0.3) is 5.69 Å². The van der Waals surface area contributed by atoms with Gasteiger partial charge in [-0.15, -0.1) is 6.42 Å². The van der Waals surface area contributed by atoms with Crippen LogP contribution in [-0.2, 0) is 5.41 Å². The summed E-state index contributed by atoms with van der Waals surface area (Å²) in [6, 6.07) is 4.90. The Hall–Kier alpha value is -1.34. The molecule has 0 aliphatic heterocycles. The normalized spacial score (nSPS) is 10.8. The van der Waals surface area contributed by atoms with Gasteiger partial charge in [-0.1, -0.05) is 21.9 Å². The van der Waals surface area contributed by atoms with Crippen molar-refractivity contribution in [1.29, 1.82) is 0 Å². The van der Waals surface area contributed by atoms with Gasteiger partial charge in [-0.2, -0.15) is 0 Å². The fraction of sp³-hybridized carbons (Fsp3) is 0.273. The molecule has 78 valence electrons. The Balaban J connectivity index is 3.44. The van der Waals surface area contributed by atoms with E-state index in [1.807, 2.05) is 0 Å². The molecule has 4 heteroatoms. The molecule has 0 aliphatic rings. The minimum Gasteiger partial charge on any atom is -0.258 e. The molecular formula is C11H10BrNO2. The average molecular weight is 268 g/mol. The van der Waals surface area contributed by atoms with Crippen molar-refractivity contribution in [3.63, 3.8) is 0 Å². The monoisotopic (exact) mass is 267 g/mol. The minimum atomic E-state index is -0.636. The van der Waals surface area contributed by atoms with Crippen molar-refractivity contribution < 1.29 is 4.92 Å². The number of nitro benzene ring substituents is 1. The molecule has 0 fully saturated rings. The summed E-state index contributed by atoms with van der Waals surface area (Å²) >= 11 is 3.20. The Morgan fingerprint density at radius 3 is 2.60 bits per heavy atom. The Labute approximate surface area is 96.8 Å². The van der Waals surface area contributed by atoms with Crippen molar-refractivity contribution in [3.8, 4) is 12.3 Å². The molecule has 3 nitrogen and oxygen atoms in total. The lowest BCUT2D eigenvalue weighted by Crippen LogP contribution is -2.16. The van der Waals surface area contributed by atoms with Crippen LogP contribution in [0.3, 0.4) is 0 Å². The summed E-state index contributed by atoms with van der Waals surface area (Å²) < 4.78 is 0.672. The quantitative estimate of drug-likeness (QED) is 0.469. The largest absolute Gasteiger partial charge is 0.275 e. The van der Waals surface area contributed by atoms with Gasteiger partial charge in [0.1, 0.15) is 0 Å². The van der Waals surface area contributed by atoms with Crippen LogP contribution < -0.4 is 0 Å². The molecule has 0 atom stereocenters. The van der Waals surface area contributed by atoms with Gasteiger partial charge in [-0.25, -0.2) is 0 Å². The molecule has 15 heavy (non-hydrogen) atoms. The minimum absolute atomic E-state index is 0.0484. The van der Waals surface area contributed by atoms with Crippen molar-refractivity contribution in [2.45, 2.75) is 19.3 Å². The summed E-state index contributed by atoms with van der Waals surface area (Å²) in [5.41, 5.74) is -0.0335. The zero-order valence-electron chi connectivity index (χ0n) is 8.45. The summed E-state index contributed by atoms with van der Waals surface area (Å²) in [6.45, 7) is 3.56. The maximum atomic E-state index is 10.9. The Morgan fingerprint density at radius 2 is 2.13 bits per heavy atom. The molecule has 0 saturated carbocycles. The molecule has 0 radical (unpaired) electrons. The molecular weight excluding hydrogens is 258 g/mol. The molecule has 0 spiro atoms. The second-order valence-corrected chi connectivity index (χ2v) is 4.60. The van der Waals surface area contributed by atoms with Crippen LogP contribution in [-0.4, -0.2) is 4.92 Å². The van der Waals surface area contributed by atoms with Crippen molar-refractivity contribution >= 4 is 21.6 Å². The zero-order valence-corrected chi connectivity index (χ0v) is 10.0. The van der Waals surface area contributed by atoms with Crippen LogP contribution in [0, 0.1) is 22.5 Å². The van der Waals surface area contributed by atoms with Crippen LogP contribution >= 0.6 is 15.9 Å². The number of terminal acetylenes is 1. The molecule has 0 aliphatic carbocycles. The SMILES string of the molecule is C#CC(C)(C)c1ccc(Br)cc1[N+](=O)[O-]. The van der Waals surface area contributed by atoms with E-state index in [0.29, 0.717) is 10.0 Å². The molecule has 0 amide bonds. The van der Waals surface area contributed by atoms with Gasteiger partial charge in [-0.05, 0) is 26.0 Å². The maximum absolute atomic E-state index is 10.9. The summed E-state index contributed by atoms with van der Waals surface area (Å²) in [6.07, 6.45) is 5.36. The predicted octanol–water partition coefficient (Wildman–Crippen LogP) is 3.27. The van der Waals surface area contributed by atoms with Gasteiger partial charge < -0.3 is 0 Å². The van der Waals surface area contributed by atoms with Crippen molar-refractivity contribution in [3.05, 3.63) is 38.3 Å². The number of rotatable bonds is 2. The highest BCUT2D eigenvalue weighted by Gasteiger charge is 2.26. The van der Waals surface area contributed by atoms with Gasteiger partial charge in [0.2, 0.25) is 0 Å². The number of hydrogen-bond acceptors (Lipinski definition) is 2. The zero-order chi connectivity index (χ0) is 11.6. The van der Waals surface area contributed by atoms with Gasteiger partial charge >= 0.3 is 0 Å². The first-order chi connectivity index (χ1) is 6.88. The van der Waals surface area contributed by atoms with Gasteiger partial charge in [0.05, 0.1) is 10.3 Å². The van der Waals surface area contributed by atoms with Gasteiger partial charge in [0, 0.05) is 16.1 Å². The highest BCUT2D eigenvalue weighted by molar-refractivity contribution is 9.10. The number of halogens is 1. The molecule has 1 aromatic carbocycles. The van der Waals surface area contributed by atoms with E-state index < -0.39 is 10.3 Å². The van der Waals surface area contributed by atoms with E-state index in [1.54, 1.807) is 26.0 Å². The van der Waals surface area contributed by atoms with Gasteiger partial charge in [-0.3, -0.25) is 10.1 Å². The maximum Gasteiger partial charge on any atom is 0.275 e. The third-order valence-corrected chi connectivity index (χ3v) is 2.68. The summed E-state index contributed by atoms with van der Waals surface area (Å²) in [5.74, 6) is 2.55. The number of hydrogen-bond donors (Lipinski definition) is 0.